The number of carbonyl (C=O) groups is 2. The van der Waals surface area contributed by atoms with Crippen molar-refractivity contribution >= 4 is 17.5 Å². The molecule has 0 aliphatic carbocycles. The Kier molecular flexibility index (Phi) is 3.96. The smallest absolute Gasteiger partial charge is 0.246 e. The van der Waals surface area contributed by atoms with Gasteiger partial charge in [-0.15, -0.1) is 0 Å². The van der Waals surface area contributed by atoms with E-state index in [2.05, 4.69) is 5.32 Å². The van der Waals surface area contributed by atoms with Gasteiger partial charge >= 0.3 is 0 Å². The number of rotatable bonds is 3. The molecule has 0 saturated carbocycles. The second-order valence-electron chi connectivity index (χ2n) is 3.99. The van der Waals surface area contributed by atoms with Gasteiger partial charge in [-0.1, -0.05) is 0 Å². The lowest BCUT2D eigenvalue weighted by Gasteiger charge is -2.29. The van der Waals surface area contributed by atoms with E-state index in [9.17, 15) is 14.0 Å². The van der Waals surface area contributed by atoms with Gasteiger partial charge in [0, 0.05) is 6.07 Å². The predicted molar refractivity (Wildman–Crippen MR) is 66.3 cm³/mol. The average molecular weight is 267 g/mol. The minimum Gasteiger partial charge on any atom is -0.489 e. The molecule has 0 spiro atoms. The van der Waals surface area contributed by atoms with Crippen molar-refractivity contribution in [3.63, 3.8) is 0 Å². The van der Waals surface area contributed by atoms with Gasteiger partial charge in [0.25, 0.3) is 0 Å². The third-order valence-electron chi connectivity index (χ3n) is 2.71. The fourth-order valence-electron chi connectivity index (χ4n) is 1.79. The van der Waals surface area contributed by atoms with Gasteiger partial charge in [0.2, 0.25) is 11.8 Å². The Morgan fingerprint density at radius 2 is 2.26 bits per heavy atom. The second kappa shape index (κ2) is 5.66. The Morgan fingerprint density at radius 3 is 3.00 bits per heavy atom. The van der Waals surface area contributed by atoms with E-state index in [1.165, 1.54) is 23.1 Å². The first-order valence-electron chi connectivity index (χ1n) is 5.81. The molecule has 0 aromatic heterocycles. The van der Waals surface area contributed by atoms with Gasteiger partial charge in [0.05, 0.1) is 25.3 Å². The van der Waals surface area contributed by atoms with E-state index in [0.717, 1.165) is 0 Å². The summed E-state index contributed by atoms with van der Waals surface area (Å²) in [5, 5.41) is 2.40. The highest BCUT2D eigenvalue weighted by Crippen LogP contribution is 2.31. The summed E-state index contributed by atoms with van der Waals surface area (Å²) < 4.78 is 18.4. The van der Waals surface area contributed by atoms with E-state index in [0.29, 0.717) is 18.0 Å². The molecule has 7 heteroatoms. The molecule has 0 fully saturated rings. The maximum atomic E-state index is 13.1. The molecule has 2 amide bonds. The summed E-state index contributed by atoms with van der Waals surface area (Å²) in [7, 11) is 0. The standard InChI is InChI=1S/C12H14FN3O3/c13-8-1-2-9-10(5-8)19-4-3-16(9)12(18)7-15-11(17)6-14/h1-2,5H,3-4,6-7,14H2,(H,15,17). The Labute approximate surface area is 109 Å². The first-order valence-corrected chi connectivity index (χ1v) is 5.81. The van der Waals surface area contributed by atoms with E-state index in [1.54, 1.807) is 0 Å². The maximum absolute atomic E-state index is 13.1. The number of amides is 2. The van der Waals surface area contributed by atoms with Crippen LogP contribution >= 0.6 is 0 Å². The second-order valence-corrected chi connectivity index (χ2v) is 3.99. The van der Waals surface area contributed by atoms with Crippen molar-refractivity contribution < 1.29 is 18.7 Å². The van der Waals surface area contributed by atoms with Crippen molar-refractivity contribution in [2.45, 2.75) is 0 Å². The third-order valence-corrected chi connectivity index (χ3v) is 2.71. The zero-order valence-electron chi connectivity index (χ0n) is 10.2. The number of hydrogen-bond donors (Lipinski definition) is 2. The Bertz CT molecular complexity index is 507. The highest BCUT2D eigenvalue weighted by atomic mass is 19.1. The quantitative estimate of drug-likeness (QED) is 0.782. The lowest BCUT2D eigenvalue weighted by molar-refractivity contribution is -0.124. The van der Waals surface area contributed by atoms with Crippen LogP contribution < -0.4 is 20.7 Å². The number of nitrogens with two attached hydrogens (primary N) is 1. The molecule has 1 heterocycles. The van der Waals surface area contributed by atoms with Crippen LogP contribution in [0.2, 0.25) is 0 Å². The number of nitrogens with zero attached hydrogens (tertiary/aromatic N) is 1. The lowest BCUT2D eigenvalue weighted by atomic mass is 10.2. The van der Waals surface area contributed by atoms with E-state index in [1.807, 2.05) is 0 Å². The summed E-state index contributed by atoms with van der Waals surface area (Å²) in [6.07, 6.45) is 0. The molecular formula is C12H14FN3O3. The van der Waals surface area contributed by atoms with Crippen molar-refractivity contribution in [1.29, 1.82) is 0 Å². The SMILES string of the molecule is NCC(=O)NCC(=O)N1CCOc2cc(F)ccc21. The van der Waals surface area contributed by atoms with Crippen LogP contribution in [-0.2, 0) is 9.59 Å². The van der Waals surface area contributed by atoms with Gasteiger partial charge in [-0.05, 0) is 12.1 Å². The predicted octanol–water partition coefficient (Wildman–Crippen LogP) is -0.374. The van der Waals surface area contributed by atoms with E-state index >= 15 is 0 Å². The van der Waals surface area contributed by atoms with Crippen molar-refractivity contribution in [1.82, 2.24) is 5.32 Å². The summed E-state index contributed by atoms with van der Waals surface area (Å²) in [5.41, 5.74) is 5.63. The molecule has 0 atom stereocenters. The molecule has 102 valence electrons. The molecule has 0 unspecified atom stereocenters. The van der Waals surface area contributed by atoms with Crippen LogP contribution in [-0.4, -0.2) is 38.1 Å². The number of fused-ring (bicyclic) bond motifs is 1. The first-order chi connectivity index (χ1) is 9.11. The zero-order chi connectivity index (χ0) is 13.8. The molecule has 1 aliphatic rings. The number of hydrogen-bond acceptors (Lipinski definition) is 4. The normalized spacial score (nSPS) is 13.5. The lowest BCUT2D eigenvalue weighted by Crippen LogP contribution is -2.45. The number of halogens is 1. The minimum atomic E-state index is -0.426. The molecule has 1 aromatic rings. The molecule has 6 nitrogen and oxygen atoms in total. The van der Waals surface area contributed by atoms with Gasteiger partial charge in [-0.25, -0.2) is 4.39 Å². The summed E-state index contributed by atoms with van der Waals surface area (Å²) >= 11 is 0. The number of anilines is 1. The summed E-state index contributed by atoms with van der Waals surface area (Å²) in [6, 6.07) is 3.96. The van der Waals surface area contributed by atoms with Crippen LogP contribution in [0.15, 0.2) is 18.2 Å². The summed E-state index contributed by atoms with van der Waals surface area (Å²) in [4.78, 5) is 24.4. The number of nitrogens with one attached hydrogen (secondary N) is 1. The molecule has 3 N–H and O–H groups in total. The molecule has 19 heavy (non-hydrogen) atoms. The highest BCUT2D eigenvalue weighted by Gasteiger charge is 2.24. The molecule has 1 aliphatic heterocycles. The van der Waals surface area contributed by atoms with Crippen LogP contribution in [0.1, 0.15) is 0 Å². The van der Waals surface area contributed by atoms with Crippen LogP contribution in [0.5, 0.6) is 5.75 Å². The van der Waals surface area contributed by atoms with Crippen molar-refractivity contribution in [3.05, 3.63) is 24.0 Å². The molecule has 0 bridgehead atoms. The fourth-order valence-corrected chi connectivity index (χ4v) is 1.79. The number of ether oxygens (including phenoxy) is 1. The van der Waals surface area contributed by atoms with Crippen molar-refractivity contribution in [3.8, 4) is 5.75 Å². The number of carbonyl (C=O) groups excluding carboxylic acids is 2. The van der Waals surface area contributed by atoms with Crippen LogP contribution in [0.25, 0.3) is 0 Å². The third kappa shape index (κ3) is 3.00. The van der Waals surface area contributed by atoms with E-state index in [-0.39, 0.29) is 25.6 Å². The van der Waals surface area contributed by atoms with Gasteiger partial charge in [-0.2, -0.15) is 0 Å². The van der Waals surface area contributed by atoms with Crippen LogP contribution in [0, 0.1) is 5.82 Å². The van der Waals surface area contributed by atoms with Crippen molar-refractivity contribution in [2.24, 2.45) is 5.73 Å². The molecule has 0 saturated heterocycles. The minimum absolute atomic E-state index is 0.146. The molecule has 2 rings (SSSR count). The Morgan fingerprint density at radius 1 is 1.47 bits per heavy atom. The average Bonchev–Trinajstić information content (AvgIpc) is 2.43. The van der Waals surface area contributed by atoms with Gasteiger partial charge < -0.3 is 20.7 Å². The maximum Gasteiger partial charge on any atom is 0.246 e. The van der Waals surface area contributed by atoms with E-state index in [4.69, 9.17) is 10.5 Å². The van der Waals surface area contributed by atoms with E-state index < -0.39 is 11.7 Å². The van der Waals surface area contributed by atoms with Crippen LogP contribution in [0.4, 0.5) is 10.1 Å². The largest absolute Gasteiger partial charge is 0.489 e. The summed E-state index contributed by atoms with van der Waals surface area (Å²) in [5.74, 6) is -0.798. The molecule has 1 aromatic carbocycles. The Hall–Kier alpha value is -2.15. The van der Waals surface area contributed by atoms with Gasteiger partial charge in [-0.3, -0.25) is 9.59 Å². The van der Waals surface area contributed by atoms with Gasteiger partial charge in [0.1, 0.15) is 18.2 Å². The molecule has 0 radical (unpaired) electrons. The monoisotopic (exact) mass is 267 g/mol. The molecular weight excluding hydrogens is 253 g/mol. The fraction of sp³-hybridized carbons (Fsp3) is 0.333. The summed E-state index contributed by atoms with van der Waals surface area (Å²) in [6.45, 7) is 0.327. The van der Waals surface area contributed by atoms with Crippen LogP contribution in [0.3, 0.4) is 0 Å². The zero-order valence-corrected chi connectivity index (χ0v) is 10.2. The highest BCUT2D eigenvalue weighted by molar-refractivity contribution is 5.98. The number of benzene rings is 1. The van der Waals surface area contributed by atoms with Gasteiger partial charge in [0.15, 0.2) is 0 Å². The van der Waals surface area contributed by atoms with Crippen molar-refractivity contribution in [2.75, 3.05) is 31.1 Å². The first kappa shape index (κ1) is 13.3. The Balaban J connectivity index is 2.10. The topological polar surface area (TPSA) is 84.7 Å².